The number of carbonyl (C=O) groups is 2. The van der Waals surface area contributed by atoms with E-state index in [9.17, 15) is 9.59 Å². The molecule has 0 N–H and O–H groups in total. The van der Waals surface area contributed by atoms with Crippen molar-refractivity contribution in [3.63, 3.8) is 0 Å². The predicted molar refractivity (Wildman–Crippen MR) is 94.1 cm³/mol. The summed E-state index contributed by atoms with van der Waals surface area (Å²) in [5.74, 6) is -0.108. The summed E-state index contributed by atoms with van der Waals surface area (Å²) in [5, 5.41) is 0. The zero-order valence-electron chi connectivity index (χ0n) is 15.0. The van der Waals surface area contributed by atoms with E-state index < -0.39 is 0 Å². The summed E-state index contributed by atoms with van der Waals surface area (Å²) < 4.78 is 0. The van der Waals surface area contributed by atoms with E-state index in [2.05, 4.69) is 30.8 Å². The first kappa shape index (κ1) is 18.4. The Labute approximate surface area is 144 Å². The molecule has 132 valence electrons. The van der Waals surface area contributed by atoms with Gasteiger partial charge in [-0.2, -0.15) is 0 Å². The molecule has 0 spiro atoms. The Morgan fingerprint density at radius 1 is 1.12 bits per heavy atom. The largest absolute Gasteiger partial charge is 0.339 e. The van der Waals surface area contributed by atoms with Crippen molar-refractivity contribution in [1.82, 2.24) is 19.7 Å². The third kappa shape index (κ3) is 4.54. The standard InChI is InChI=1S/C18H28N4O2/c1-4-8-21(9-5-2)17(23)15-6-7-19-16(14-15)18(24)22-12-10-20(3)11-13-22/h6-7,14H,4-5,8-13H2,1-3H3. The lowest BCUT2D eigenvalue weighted by molar-refractivity contribution is 0.0658. The Balaban J connectivity index is 2.12. The number of hydrogen-bond acceptors (Lipinski definition) is 4. The van der Waals surface area contributed by atoms with Crippen LogP contribution in [0.4, 0.5) is 0 Å². The van der Waals surface area contributed by atoms with Crippen molar-refractivity contribution in [2.45, 2.75) is 26.7 Å². The fourth-order valence-corrected chi connectivity index (χ4v) is 2.89. The lowest BCUT2D eigenvalue weighted by Crippen LogP contribution is -2.47. The third-order valence-corrected chi connectivity index (χ3v) is 4.29. The van der Waals surface area contributed by atoms with E-state index in [1.54, 1.807) is 18.3 Å². The molecule has 1 aliphatic heterocycles. The molecule has 0 unspecified atom stereocenters. The fraction of sp³-hybridized carbons (Fsp3) is 0.611. The fourth-order valence-electron chi connectivity index (χ4n) is 2.89. The first-order valence-electron chi connectivity index (χ1n) is 8.80. The molecule has 2 amide bonds. The van der Waals surface area contributed by atoms with Crippen molar-refractivity contribution >= 4 is 11.8 Å². The van der Waals surface area contributed by atoms with E-state index in [0.717, 1.165) is 39.0 Å². The van der Waals surface area contributed by atoms with Crippen LogP contribution < -0.4 is 0 Å². The highest BCUT2D eigenvalue weighted by Crippen LogP contribution is 2.11. The highest BCUT2D eigenvalue weighted by molar-refractivity contribution is 5.98. The molecule has 0 radical (unpaired) electrons. The lowest BCUT2D eigenvalue weighted by Gasteiger charge is -2.32. The van der Waals surface area contributed by atoms with Crippen molar-refractivity contribution in [3.8, 4) is 0 Å². The molecule has 24 heavy (non-hydrogen) atoms. The molecule has 0 aliphatic carbocycles. The molecule has 1 aromatic rings. The summed E-state index contributed by atoms with van der Waals surface area (Å²) in [4.78, 5) is 35.4. The number of aromatic nitrogens is 1. The summed E-state index contributed by atoms with van der Waals surface area (Å²) in [5.41, 5.74) is 0.905. The molecule has 2 rings (SSSR count). The Kier molecular flexibility index (Phi) is 6.73. The van der Waals surface area contributed by atoms with Crippen LogP contribution in [0.3, 0.4) is 0 Å². The number of rotatable bonds is 6. The minimum Gasteiger partial charge on any atom is -0.339 e. The molecule has 2 heterocycles. The molecule has 0 atom stereocenters. The van der Waals surface area contributed by atoms with Crippen molar-refractivity contribution in [1.29, 1.82) is 0 Å². The normalized spacial score (nSPS) is 15.4. The minimum atomic E-state index is -0.0877. The molecule has 1 fully saturated rings. The summed E-state index contributed by atoms with van der Waals surface area (Å²) in [7, 11) is 2.05. The first-order chi connectivity index (χ1) is 11.6. The van der Waals surface area contributed by atoms with E-state index >= 15 is 0 Å². The van der Waals surface area contributed by atoms with E-state index in [-0.39, 0.29) is 11.8 Å². The topological polar surface area (TPSA) is 56.8 Å². The van der Waals surface area contributed by atoms with Crippen LogP contribution in [0.15, 0.2) is 18.3 Å². The molecular formula is C18H28N4O2. The van der Waals surface area contributed by atoms with Crippen molar-refractivity contribution in [2.24, 2.45) is 0 Å². The minimum absolute atomic E-state index is 0.0199. The molecule has 0 bridgehead atoms. The molecule has 1 aliphatic rings. The van der Waals surface area contributed by atoms with Gasteiger partial charge in [0.1, 0.15) is 5.69 Å². The zero-order valence-corrected chi connectivity index (χ0v) is 15.0. The summed E-state index contributed by atoms with van der Waals surface area (Å²) in [6, 6.07) is 3.34. The lowest BCUT2D eigenvalue weighted by atomic mass is 10.1. The number of likely N-dealkylation sites (N-methyl/N-ethyl adjacent to an activating group) is 1. The molecule has 1 saturated heterocycles. The van der Waals surface area contributed by atoms with Gasteiger partial charge in [0.25, 0.3) is 11.8 Å². The van der Waals surface area contributed by atoms with Crippen LogP contribution in [0.1, 0.15) is 47.5 Å². The van der Waals surface area contributed by atoms with Crippen LogP contribution in [-0.4, -0.2) is 77.8 Å². The van der Waals surface area contributed by atoms with Crippen LogP contribution in [0.5, 0.6) is 0 Å². The number of nitrogens with zero attached hydrogens (tertiary/aromatic N) is 4. The van der Waals surface area contributed by atoms with Crippen LogP contribution >= 0.6 is 0 Å². The maximum absolute atomic E-state index is 12.7. The van der Waals surface area contributed by atoms with E-state index in [1.165, 1.54) is 0 Å². The monoisotopic (exact) mass is 332 g/mol. The quantitative estimate of drug-likeness (QED) is 0.796. The number of hydrogen-bond donors (Lipinski definition) is 0. The molecule has 1 aromatic heterocycles. The number of amides is 2. The number of carbonyl (C=O) groups excluding carboxylic acids is 2. The first-order valence-corrected chi connectivity index (χ1v) is 8.80. The van der Waals surface area contributed by atoms with Gasteiger partial charge in [-0.05, 0) is 32.0 Å². The van der Waals surface area contributed by atoms with Crippen LogP contribution in [0, 0.1) is 0 Å². The van der Waals surface area contributed by atoms with Gasteiger partial charge in [-0.3, -0.25) is 14.6 Å². The second kappa shape index (κ2) is 8.78. The second-order valence-electron chi connectivity index (χ2n) is 6.32. The maximum Gasteiger partial charge on any atom is 0.272 e. The number of pyridine rings is 1. The van der Waals surface area contributed by atoms with Gasteiger partial charge in [-0.15, -0.1) is 0 Å². The Bertz CT molecular complexity index is 562. The van der Waals surface area contributed by atoms with Gasteiger partial charge in [0.2, 0.25) is 0 Å². The van der Waals surface area contributed by atoms with Gasteiger partial charge >= 0.3 is 0 Å². The second-order valence-corrected chi connectivity index (χ2v) is 6.32. The number of piperazine rings is 1. The smallest absolute Gasteiger partial charge is 0.272 e. The average Bonchev–Trinajstić information content (AvgIpc) is 2.61. The van der Waals surface area contributed by atoms with Gasteiger partial charge < -0.3 is 14.7 Å². The summed E-state index contributed by atoms with van der Waals surface area (Å²) in [6.07, 6.45) is 3.40. The van der Waals surface area contributed by atoms with E-state index in [4.69, 9.17) is 0 Å². The van der Waals surface area contributed by atoms with E-state index in [1.807, 2.05) is 9.80 Å². The summed E-state index contributed by atoms with van der Waals surface area (Å²) >= 11 is 0. The van der Waals surface area contributed by atoms with Crippen LogP contribution in [0.25, 0.3) is 0 Å². The Morgan fingerprint density at radius 2 is 1.75 bits per heavy atom. The molecular weight excluding hydrogens is 304 g/mol. The maximum atomic E-state index is 12.7. The summed E-state index contributed by atoms with van der Waals surface area (Å²) in [6.45, 7) is 8.72. The van der Waals surface area contributed by atoms with Crippen molar-refractivity contribution in [2.75, 3.05) is 46.3 Å². The van der Waals surface area contributed by atoms with E-state index in [0.29, 0.717) is 24.3 Å². The molecule has 6 heteroatoms. The SMILES string of the molecule is CCCN(CCC)C(=O)c1ccnc(C(=O)N2CCN(C)CC2)c1. The van der Waals surface area contributed by atoms with Crippen molar-refractivity contribution < 1.29 is 9.59 Å². The molecule has 0 aromatic carbocycles. The third-order valence-electron chi connectivity index (χ3n) is 4.29. The average molecular weight is 332 g/mol. The van der Waals surface area contributed by atoms with Crippen LogP contribution in [-0.2, 0) is 0 Å². The van der Waals surface area contributed by atoms with Crippen molar-refractivity contribution in [3.05, 3.63) is 29.6 Å². The highest BCUT2D eigenvalue weighted by atomic mass is 16.2. The zero-order chi connectivity index (χ0) is 17.5. The molecule has 0 saturated carbocycles. The highest BCUT2D eigenvalue weighted by Gasteiger charge is 2.23. The predicted octanol–water partition coefficient (Wildman–Crippen LogP) is 1.73. The van der Waals surface area contributed by atoms with Crippen LogP contribution in [0.2, 0.25) is 0 Å². The van der Waals surface area contributed by atoms with Gasteiger partial charge in [0.05, 0.1) is 0 Å². The van der Waals surface area contributed by atoms with Gasteiger partial charge in [0, 0.05) is 51.0 Å². The Hall–Kier alpha value is -1.95. The Morgan fingerprint density at radius 3 is 2.33 bits per heavy atom. The van der Waals surface area contributed by atoms with Gasteiger partial charge in [0.15, 0.2) is 0 Å². The van der Waals surface area contributed by atoms with Gasteiger partial charge in [-0.1, -0.05) is 13.8 Å². The van der Waals surface area contributed by atoms with Gasteiger partial charge in [-0.25, -0.2) is 0 Å². The molecule has 6 nitrogen and oxygen atoms in total.